The van der Waals surface area contributed by atoms with Crippen LogP contribution in [0.15, 0.2) is 57.9 Å². The van der Waals surface area contributed by atoms with Crippen LogP contribution in [0, 0.1) is 0 Å². The molecule has 0 saturated carbocycles. The summed E-state index contributed by atoms with van der Waals surface area (Å²) >= 11 is 5.32. The number of anilines is 2. The van der Waals surface area contributed by atoms with Crippen molar-refractivity contribution < 1.29 is 4.79 Å². The summed E-state index contributed by atoms with van der Waals surface area (Å²) in [6.07, 6.45) is 1.08. The van der Waals surface area contributed by atoms with Gasteiger partial charge in [-0.15, -0.1) is 11.8 Å². The van der Waals surface area contributed by atoms with Gasteiger partial charge >= 0.3 is 0 Å². The van der Waals surface area contributed by atoms with Gasteiger partial charge in [0.05, 0.1) is 17.9 Å². The monoisotopic (exact) mass is 376 g/mol. The summed E-state index contributed by atoms with van der Waals surface area (Å²) in [6, 6.07) is 16.0. The Morgan fingerprint density at radius 1 is 1.18 bits per heavy atom. The fraction of sp³-hybridized carbons (Fsp3) is 0.235. The molecule has 0 aromatic heterocycles. The van der Waals surface area contributed by atoms with Gasteiger partial charge in [0.2, 0.25) is 5.91 Å². The van der Waals surface area contributed by atoms with Gasteiger partial charge in [-0.2, -0.15) is 0 Å². The molecule has 1 aliphatic heterocycles. The molecule has 0 spiro atoms. The Bertz CT molecular complexity index is 677. The van der Waals surface area contributed by atoms with Crippen molar-refractivity contribution in [3.63, 3.8) is 0 Å². The van der Waals surface area contributed by atoms with Crippen molar-refractivity contribution in [3.05, 3.63) is 53.0 Å². The number of rotatable bonds is 3. The van der Waals surface area contributed by atoms with Gasteiger partial charge in [0, 0.05) is 15.9 Å². The van der Waals surface area contributed by atoms with E-state index >= 15 is 0 Å². The second kappa shape index (κ2) is 7.20. The number of hydrogen-bond donors (Lipinski definition) is 1. The maximum atomic E-state index is 12.4. The summed E-state index contributed by atoms with van der Waals surface area (Å²) in [5.74, 6) is 1.10. The van der Waals surface area contributed by atoms with Gasteiger partial charge in [-0.05, 0) is 52.4 Å². The van der Waals surface area contributed by atoms with Crippen LogP contribution in [0.2, 0.25) is 0 Å². The smallest absolute Gasteiger partial charge is 0.243 e. The van der Waals surface area contributed by atoms with Gasteiger partial charge in [-0.3, -0.25) is 4.79 Å². The van der Waals surface area contributed by atoms with E-state index in [1.54, 1.807) is 0 Å². The first-order chi connectivity index (χ1) is 10.7. The second-order valence-corrected chi connectivity index (χ2v) is 7.11. The van der Waals surface area contributed by atoms with E-state index < -0.39 is 0 Å². The van der Waals surface area contributed by atoms with E-state index in [1.807, 2.05) is 42.1 Å². The predicted octanol–water partition coefficient (Wildman–Crippen LogP) is 4.39. The summed E-state index contributed by atoms with van der Waals surface area (Å²) in [7, 11) is 0. The van der Waals surface area contributed by atoms with E-state index in [1.165, 1.54) is 4.90 Å². The Labute approximate surface area is 143 Å². The van der Waals surface area contributed by atoms with Crippen molar-refractivity contribution in [2.75, 3.05) is 29.1 Å². The number of halogens is 1. The number of hydrogen-bond acceptors (Lipinski definition) is 3. The summed E-state index contributed by atoms with van der Waals surface area (Å²) in [5.41, 5.74) is 1.97. The van der Waals surface area contributed by atoms with Gasteiger partial charge in [0.25, 0.3) is 0 Å². The molecule has 1 N–H and O–H groups in total. The molecule has 0 fully saturated rings. The molecule has 1 heterocycles. The quantitative estimate of drug-likeness (QED) is 0.861. The highest BCUT2D eigenvalue weighted by Gasteiger charge is 2.18. The number of nitrogens with one attached hydrogen (secondary N) is 1. The summed E-state index contributed by atoms with van der Waals surface area (Å²) in [5, 5.41) is 2.97. The highest BCUT2D eigenvalue weighted by Crippen LogP contribution is 2.33. The van der Waals surface area contributed by atoms with Crippen LogP contribution in [0.25, 0.3) is 0 Å². The van der Waals surface area contributed by atoms with Crippen molar-refractivity contribution in [1.29, 1.82) is 0 Å². The zero-order chi connectivity index (χ0) is 15.4. The fourth-order valence-corrected chi connectivity index (χ4v) is 3.89. The van der Waals surface area contributed by atoms with Crippen molar-refractivity contribution in [1.82, 2.24) is 0 Å². The van der Waals surface area contributed by atoms with E-state index in [0.29, 0.717) is 6.54 Å². The Kier molecular flexibility index (Phi) is 5.05. The minimum atomic E-state index is 0.00797. The zero-order valence-electron chi connectivity index (χ0n) is 12.1. The van der Waals surface area contributed by atoms with Crippen LogP contribution in [0.3, 0.4) is 0 Å². The molecule has 1 amide bonds. The Morgan fingerprint density at radius 2 is 1.95 bits per heavy atom. The van der Waals surface area contributed by atoms with E-state index in [4.69, 9.17) is 0 Å². The first-order valence-electron chi connectivity index (χ1n) is 7.25. The largest absolute Gasteiger partial charge is 0.361 e. The molecule has 3 rings (SSSR count). The molecule has 0 unspecified atom stereocenters. The molecule has 22 heavy (non-hydrogen) atoms. The average Bonchev–Trinajstić information content (AvgIpc) is 2.72. The third-order valence-electron chi connectivity index (χ3n) is 3.52. The number of fused-ring (bicyclic) bond motifs is 1. The third kappa shape index (κ3) is 3.65. The summed E-state index contributed by atoms with van der Waals surface area (Å²) in [4.78, 5) is 15.8. The molecule has 114 valence electrons. The maximum absolute atomic E-state index is 12.4. The lowest BCUT2D eigenvalue weighted by atomic mass is 10.2. The van der Waals surface area contributed by atoms with Crippen LogP contribution < -0.4 is 10.2 Å². The van der Waals surface area contributed by atoms with Crippen LogP contribution in [0.4, 0.5) is 11.4 Å². The van der Waals surface area contributed by atoms with Crippen LogP contribution in [-0.2, 0) is 4.79 Å². The topological polar surface area (TPSA) is 32.3 Å². The van der Waals surface area contributed by atoms with Gasteiger partial charge in [-0.1, -0.05) is 24.3 Å². The number of benzene rings is 2. The summed E-state index contributed by atoms with van der Waals surface area (Å²) < 4.78 is 0.898. The van der Waals surface area contributed by atoms with E-state index in [2.05, 4.69) is 44.3 Å². The number of amides is 1. The number of thioether (sulfide) groups is 1. The SMILES string of the molecule is O=C(CN1CCCSc2ccccc21)Nc1ccccc1Br. The first kappa shape index (κ1) is 15.4. The Balaban J connectivity index is 1.73. The molecule has 0 saturated heterocycles. The number of carbonyl (C=O) groups is 1. The average molecular weight is 377 g/mol. The fourth-order valence-electron chi connectivity index (χ4n) is 2.49. The third-order valence-corrected chi connectivity index (χ3v) is 5.36. The van der Waals surface area contributed by atoms with Crippen LogP contribution >= 0.6 is 27.7 Å². The zero-order valence-corrected chi connectivity index (χ0v) is 14.5. The molecular formula is C17H17BrN2OS. The van der Waals surface area contributed by atoms with E-state index in [-0.39, 0.29) is 5.91 Å². The first-order valence-corrected chi connectivity index (χ1v) is 9.03. The minimum Gasteiger partial charge on any atom is -0.361 e. The number of carbonyl (C=O) groups excluding carboxylic acids is 1. The normalized spacial score (nSPS) is 14.1. The van der Waals surface area contributed by atoms with Crippen molar-refractivity contribution in [2.24, 2.45) is 0 Å². The lowest BCUT2D eigenvalue weighted by Crippen LogP contribution is -2.34. The number of para-hydroxylation sites is 2. The van der Waals surface area contributed by atoms with Gasteiger partial charge in [-0.25, -0.2) is 0 Å². The van der Waals surface area contributed by atoms with Crippen molar-refractivity contribution in [3.8, 4) is 0 Å². The van der Waals surface area contributed by atoms with Crippen molar-refractivity contribution in [2.45, 2.75) is 11.3 Å². The lowest BCUT2D eigenvalue weighted by Gasteiger charge is -2.24. The molecular weight excluding hydrogens is 360 g/mol. The Hall–Kier alpha value is -1.46. The van der Waals surface area contributed by atoms with Crippen LogP contribution in [-0.4, -0.2) is 24.7 Å². The minimum absolute atomic E-state index is 0.00797. The van der Waals surface area contributed by atoms with Crippen LogP contribution in [0.1, 0.15) is 6.42 Å². The summed E-state index contributed by atoms with van der Waals surface area (Å²) in [6.45, 7) is 1.28. The molecule has 0 radical (unpaired) electrons. The molecule has 3 nitrogen and oxygen atoms in total. The molecule has 2 aromatic carbocycles. The van der Waals surface area contributed by atoms with Crippen molar-refractivity contribution >= 4 is 45.0 Å². The van der Waals surface area contributed by atoms with Gasteiger partial charge in [0.15, 0.2) is 0 Å². The molecule has 0 aliphatic carbocycles. The Morgan fingerprint density at radius 3 is 2.82 bits per heavy atom. The predicted molar refractivity (Wildman–Crippen MR) is 96.8 cm³/mol. The highest BCUT2D eigenvalue weighted by molar-refractivity contribution is 9.10. The molecule has 1 aliphatic rings. The molecule has 0 bridgehead atoms. The molecule has 5 heteroatoms. The van der Waals surface area contributed by atoms with Crippen LogP contribution in [0.5, 0.6) is 0 Å². The molecule has 0 atom stereocenters. The van der Waals surface area contributed by atoms with Gasteiger partial charge in [0.1, 0.15) is 0 Å². The lowest BCUT2D eigenvalue weighted by molar-refractivity contribution is -0.115. The second-order valence-electron chi connectivity index (χ2n) is 5.12. The van der Waals surface area contributed by atoms with E-state index in [9.17, 15) is 4.79 Å². The van der Waals surface area contributed by atoms with E-state index in [0.717, 1.165) is 34.6 Å². The standard InChI is InChI=1S/C17H17BrN2OS/c18-13-6-1-2-7-14(13)19-17(21)12-20-10-5-11-22-16-9-4-3-8-15(16)20/h1-4,6-9H,5,10-12H2,(H,19,21). The molecule has 2 aromatic rings. The maximum Gasteiger partial charge on any atom is 0.243 e. The van der Waals surface area contributed by atoms with Gasteiger partial charge < -0.3 is 10.2 Å². The highest BCUT2D eigenvalue weighted by atomic mass is 79.9. The number of nitrogens with zero attached hydrogens (tertiary/aromatic N) is 1.